The van der Waals surface area contributed by atoms with E-state index in [-0.39, 0.29) is 0 Å². The van der Waals surface area contributed by atoms with Crippen molar-refractivity contribution in [1.82, 2.24) is 4.98 Å². The topological polar surface area (TPSA) is 12.0 Å². The molecule has 0 amide bonds. The summed E-state index contributed by atoms with van der Waals surface area (Å²) in [4.78, 5) is 3.91. The van der Waals surface area contributed by atoms with Gasteiger partial charge in [0.15, 0.2) is 0 Å². The minimum atomic E-state index is -1.22. The molecule has 120 valence electrons. The SMILES string of the molecule is CC(C)CC1=C([SiH](CN[Si](C)(C)C)c2ccccc2)CC=C1. The van der Waals surface area contributed by atoms with Crippen molar-refractivity contribution >= 4 is 22.2 Å². The zero-order chi connectivity index (χ0) is 16.2. The van der Waals surface area contributed by atoms with Crippen LogP contribution in [0, 0.1) is 5.92 Å². The van der Waals surface area contributed by atoms with Gasteiger partial charge in [-0.25, -0.2) is 0 Å². The van der Waals surface area contributed by atoms with Gasteiger partial charge in [-0.05, 0) is 24.9 Å². The number of rotatable bonds is 7. The lowest BCUT2D eigenvalue weighted by molar-refractivity contribution is 0.649. The van der Waals surface area contributed by atoms with E-state index in [0.717, 1.165) is 5.92 Å². The number of hydrogen-bond acceptors (Lipinski definition) is 1. The van der Waals surface area contributed by atoms with Crippen molar-refractivity contribution in [2.45, 2.75) is 46.3 Å². The number of allylic oxidation sites excluding steroid dienone is 4. The van der Waals surface area contributed by atoms with Gasteiger partial charge >= 0.3 is 0 Å². The van der Waals surface area contributed by atoms with Crippen molar-refractivity contribution in [3.05, 3.63) is 53.3 Å². The molecule has 1 N–H and O–H groups in total. The quantitative estimate of drug-likeness (QED) is 0.748. The molecule has 1 aromatic rings. The lowest BCUT2D eigenvalue weighted by Gasteiger charge is -2.25. The van der Waals surface area contributed by atoms with Gasteiger partial charge in [-0.15, -0.1) is 0 Å². The van der Waals surface area contributed by atoms with Crippen LogP contribution in [0.4, 0.5) is 0 Å². The van der Waals surface area contributed by atoms with Gasteiger partial charge in [-0.3, -0.25) is 0 Å². The highest BCUT2D eigenvalue weighted by Gasteiger charge is 2.25. The van der Waals surface area contributed by atoms with E-state index < -0.39 is 17.0 Å². The van der Waals surface area contributed by atoms with Crippen molar-refractivity contribution in [2.75, 3.05) is 6.17 Å². The smallest absolute Gasteiger partial charge is 0.116 e. The first-order valence-corrected chi connectivity index (χ1v) is 14.0. The van der Waals surface area contributed by atoms with Crippen LogP contribution in [0.1, 0.15) is 26.7 Å². The fraction of sp³-hybridized carbons (Fsp3) is 0.474. The van der Waals surface area contributed by atoms with Crippen LogP contribution in [0.3, 0.4) is 0 Å². The molecule has 0 aliphatic heterocycles. The van der Waals surface area contributed by atoms with Crippen molar-refractivity contribution < 1.29 is 0 Å². The van der Waals surface area contributed by atoms with Crippen LogP contribution in [0.15, 0.2) is 53.3 Å². The highest BCUT2D eigenvalue weighted by molar-refractivity contribution is 6.82. The summed E-state index contributed by atoms with van der Waals surface area (Å²) in [7, 11) is -2.34. The zero-order valence-corrected chi connectivity index (χ0v) is 17.0. The molecular weight excluding hydrogens is 298 g/mol. The Bertz CT molecular complexity index is 538. The van der Waals surface area contributed by atoms with Gasteiger partial charge in [-0.2, -0.15) is 0 Å². The Balaban J connectivity index is 2.28. The predicted octanol–water partition coefficient (Wildman–Crippen LogP) is 3.93. The molecule has 0 saturated heterocycles. The molecule has 1 nitrogen and oxygen atoms in total. The summed E-state index contributed by atoms with van der Waals surface area (Å²) in [6.07, 6.45) is 8.39. The van der Waals surface area contributed by atoms with Crippen molar-refractivity contribution in [2.24, 2.45) is 5.92 Å². The Kier molecular flexibility index (Phi) is 6.01. The normalized spacial score (nSPS) is 16.6. The molecule has 22 heavy (non-hydrogen) atoms. The number of hydrogen-bond donors (Lipinski definition) is 1. The molecule has 2 rings (SSSR count). The fourth-order valence-corrected chi connectivity index (χ4v) is 9.03. The summed E-state index contributed by atoms with van der Waals surface area (Å²) < 4.78 is 0. The highest BCUT2D eigenvalue weighted by atomic mass is 28.3. The Morgan fingerprint density at radius 3 is 2.41 bits per heavy atom. The maximum Gasteiger partial charge on any atom is 0.116 e. The monoisotopic (exact) mass is 329 g/mol. The largest absolute Gasteiger partial charge is 0.339 e. The van der Waals surface area contributed by atoms with Gasteiger partial charge in [0.2, 0.25) is 0 Å². The maximum atomic E-state index is 3.91. The van der Waals surface area contributed by atoms with E-state index in [2.05, 4.69) is 81.0 Å². The van der Waals surface area contributed by atoms with Gasteiger partial charge < -0.3 is 4.98 Å². The van der Waals surface area contributed by atoms with Crippen LogP contribution in [-0.4, -0.2) is 23.2 Å². The summed E-state index contributed by atoms with van der Waals surface area (Å²) in [5.74, 6) is 0.739. The Morgan fingerprint density at radius 2 is 1.82 bits per heavy atom. The van der Waals surface area contributed by atoms with Gasteiger partial charge in [0.05, 0.1) is 0 Å². The molecule has 0 bridgehead atoms. The molecule has 1 unspecified atom stereocenters. The van der Waals surface area contributed by atoms with Crippen LogP contribution < -0.4 is 10.2 Å². The van der Waals surface area contributed by atoms with Crippen LogP contribution in [0.25, 0.3) is 0 Å². The fourth-order valence-electron chi connectivity index (χ4n) is 3.11. The number of nitrogens with one attached hydrogen (secondary N) is 1. The molecule has 0 saturated carbocycles. The van der Waals surface area contributed by atoms with E-state index in [1.165, 1.54) is 19.0 Å². The first kappa shape index (κ1) is 17.4. The predicted molar refractivity (Wildman–Crippen MR) is 105 cm³/mol. The molecule has 3 heteroatoms. The molecule has 1 aliphatic carbocycles. The van der Waals surface area contributed by atoms with Crippen LogP contribution in [0.2, 0.25) is 19.6 Å². The van der Waals surface area contributed by atoms with Crippen LogP contribution in [0.5, 0.6) is 0 Å². The second kappa shape index (κ2) is 7.58. The third-order valence-corrected chi connectivity index (χ3v) is 9.08. The molecule has 1 aliphatic rings. The van der Waals surface area contributed by atoms with Crippen molar-refractivity contribution in [3.8, 4) is 0 Å². The van der Waals surface area contributed by atoms with E-state index in [9.17, 15) is 0 Å². The van der Waals surface area contributed by atoms with Crippen molar-refractivity contribution in [1.29, 1.82) is 0 Å². The lowest BCUT2D eigenvalue weighted by Crippen LogP contribution is -2.51. The molecule has 1 atom stereocenters. The van der Waals surface area contributed by atoms with Gasteiger partial charge in [0.25, 0.3) is 0 Å². The van der Waals surface area contributed by atoms with E-state index in [1.807, 2.05) is 0 Å². The summed E-state index contributed by atoms with van der Waals surface area (Å²) >= 11 is 0. The highest BCUT2D eigenvalue weighted by Crippen LogP contribution is 2.26. The lowest BCUT2D eigenvalue weighted by atomic mass is 10.0. The molecule has 0 aromatic heterocycles. The van der Waals surface area contributed by atoms with Crippen LogP contribution in [-0.2, 0) is 0 Å². The second-order valence-electron chi connectivity index (χ2n) is 7.85. The molecule has 1 aromatic carbocycles. The third kappa shape index (κ3) is 5.08. The summed E-state index contributed by atoms with van der Waals surface area (Å²) in [5.41, 5.74) is 1.63. The van der Waals surface area contributed by atoms with E-state index >= 15 is 0 Å². The summed E-state index contributed by atoms with van der Waals surface area (Å²) in [6.45, 7) is 11.9. The van der Waals surface area contributed by atoms with Crippen molar-refractivity contribution in [3.63, 3.8) is 0 Å². The number of benzene rings is 1. The first-order chi connectivity index (χ1) is 10.4. The third-order valence-electron chi connectivity index (χ3n) is 4.16. The average Bonchev–Trinajstić information content (AvgIpc) is 2.86. The molecule has 0 radical (unpaired) electrons. The Labute approximate surface area is 139 Å². The minimum Gasteiger partial charge on any atom is -0.339 e. The summed E-state index contributed by atoms with van der Waals surface area (Å²) in [6, 6.07) is 11.2. The van der Waals surface area contributed by atoms with E-state index in [1.54, 1.807) is 16.0 Å². The molecular formula is C19H31NSi2. The van der Waals surface area contributed by atoms with Gasteiger partial charge in [0.1, 0.15) is 17.0 Å². The molecule has 0 heterocycles. The minimum absolute atomic E-state index is 0.739. The Morgan fingerprint density at radius 1 is 1.14 bits per heavy atom. The average molecular weight is 330 g/mol. The zero-order valence-electron chi connectivity index (χ0n) is 14.8. The van der Waals surface area contributed by atoms with Gasteiger partial charge in [-0.1, -0.05) is 91.9 Å². The second-order valence-corrected chi connectivity index (χ2v) is 15.6. The molecule has 0 spiro atoms. The van der Waals surface area contributed by atoms with E-state index in [4.69, 9.17) is 0 Å². The Hall–Kier alpha value is -0.906. The maximum absolute atomic E-state index is 3.91. The summed E-state index contributed by atoms with van der Waals surface area (Å²) in [5, 5.41) is 3.36. The van der Waals surface area contributed by atoms with Gasteiger partial charge in [0, 0.05) is 0 Å². The van der Waals surface area contributed by atoms with E-state index in [0.29, 0.717) is 0 Å². The standard InChI is InChI=1S/C19H31NSi2/c1-16(2)14-17-10-9-13-19(17)21(15-20-22(3,4)5)18-11-7-6-8-12-18/h6-12,16,20-21H,13-15H2,1-5H3. The first-order valence-electron chi connectivity index (χ1n) is 8.55. The molecule has 0 fully saturated rings. The van der Waals surface area contributed by atoms with Crippen LogP contribution >= 0.6 is 0 Å².